The smallest absolute Gasteiger partial charge is 0.269 e. The molecule has 0 radical (unpaired) electrons. The van der Waals surface area contributed by atoms with Crippen LogP contribution in [0.4, 0.5) is 0 Å². The van der Waals surface area contributed by atoms with Crippen LogP contribution >= 0.6 is 0 Å². The van der Waals surface area contributed by atoms with Gasteiger partial charge in [-0.2, -0.15) is 5.10 Å². The summed E-state index contributed by atoms with van der Waals surface area (Å²) in [6.07, 6.45) is 1.78. The summed E-state index contributed by atoms with van der Waals surface area (Å²) in [7, 11) is 1.78. The lowest BCUT2D eigenvalue weighted by atomic mass is 10.1. The molecule has 1 aromatic heterocycles. The molecule has 0 aromatic carbocycles. The van der Waals surface area contributed by atoms with Crippen LogP contribution in [0.1, 0.15) is 29.0 Å². The van der Waals surface area contributed by atoms with Gasteiger partial charge < -0.3 is 10.1 Å². The zero-order chi connectivity index (χ0) is 11.5. The molecule has 0 spiro atoms. The molecule has 1 N–H and O–H groups in total. The molecule has 1 aliphatic heterocycles. The van der Waals surface area contributed by atoms with Crippen LogP contribution in [0.25, 0.3) is 0 Å². The van der Waals surface area contributed by atoms with E-state index in [1.807, 2.05) is 6.92 Å². The van der Waals surface area contributed by atoms with Crippen molar-refractivity contribution in [2.75, 3.05) is 13.2 Å². The Hall–Kier alpha value is -1.36. The Morgan fingerprint density at radius 3 is 2.81 bits per heavy atom. The second-order valence-electron chi connectivity index (χ2n) is 4.15. The van der Waals surface area contributed by atoms with Gasteiger partial charge in [-0.1, -0.05) is 0 Å². The van der Waals surface area contributed by atoms with Crippen LogP contribution in [0, 0.1) is 6.92 Å². The molecule has 1 amide bonds. The maximum absolute atomic E-state index is 11.9. The Labute approximate surface area is 94.8 Å². The molecule has 1 aliphatic rings. The first kappa shape index (κ1) is 11.1. The Kier molecular flexibility index (Phi) is 3.24. The number of amides is 1. The van der Waals surface area contributed by atoms with E-state index in [4.69, 9.17) is 4.74 Å². The normalized spacial score (nSPS) is 17.4. The summed E-state index contributed by atoms with van der Waals surface area (Å²) < 4.78 is 6.86. The molecule has 5 heteroatoms. The summed E-state index contributed by atoms with van der Waals surface area (Å²) in [5, 5.41) is 7.17. The summed E-state index contributed by atoms with van der Waals surface area (Å²) in [6.45, 7) is 3.34. The molecule has 0 bridgehead atoms. The van der Waals surface area contributed by atoms with Crippen molar-refractivity contribution in [1.82, 2.24) is 15.1 Å². The van der Waals surface area contributed by atoms with Gasteiger partial charge in [-0.25, -0.2) is 0 Å². The van der Waals surface area contributed by atoms with E-state index in [0.717, 1.165) is 31.7 Å². The molecule has 0 saturated carbocycles. The van der Waals surface area contributed by atoms with E-state index in [0.29, 0.717) is 5.69 Å². The Morgan fingerprint density at radius 1 is 1.56 bits per heavy atom. The van der Waals surface area contributed by atoms with Crippen LogP contribution in [-0.2, 0) is 11.8 Å². The zero-order valence-electron chi connectivity index (χ0n) is 9.69. The van der Waals surface area contributed by atoms with Crippen LogP contribution in [0.15, 0.2) is 6.07 Å². The van der Waals surface area contributed by atoms with E-state index < -0.39 is 0 Å². The third kappa shape index (κ3) is 2.41. The van der Waals surface area contributed by atoms with Crippen molar-refractivity contribution in [3.8, 4) is 0 Å². The number of rotatable bonds is 2. The number of hydrogen-bond donors (Lipinski definition) is 1. The number of ether oxygens (including phenoxy) is 1. The minimum atomic E-state index is -0.0463. The first-order valence-corrected chi connectivity index (χ1v) is 5.56. The standard InChI is InChI=1S/C11H17N3O2/c1-8-7-10(14(2)13-8)11(15)12-9-3-5-16-6-4-9/h7,9H,3-6H2,1-2H3,(H,12,15). The predicted molar refractivity (Wildman–Crippen MR) is 59.3 cm³/mol. The topological polar surface area (TPSA) is 56.1 Å². The molecule has 88 valence electrons. The maximum atomic E-state index is 11.9. The molecule has 1 fully saturated rings. The number of carbonyl (C=O) groups is 1. The highest BCUT2D eigenvalue weighted by molar-refractivity contribution is 5.92. The highest BCUT2D eigenvalue weighted by Crippen LogP contribution is 2.08. The summed E-state index contributed by atoms with van der Waals surface area (Å²) >= 11 is 0. The fourth-order valence-corrected chi connectivity index (χ4v) is 1.92. The Balaban J connectivity index is 1.99. The Bertz CT molecular complexity index is 381. The number of aromatic nitrogens is 2. The number of nitrogens with zero attached hydrogens (tertiary/aromatic N) is 2. The largest absolute Gasteiger partial charge is 0.381 e. The van der Waals surface area contributed by atoms with Crippen molar-refractivity contribution in [3.63, 3.8) is 0 Å². The van der Waals surface area contributed by atoms with Crippen molar-refractivity contribution < 1.29 is 9.53 Å². The monoisotopic (exact) mass is 223 g/mol. The Morgan fingerprint density at radius 2 is 2.25 bits per heavy atom. The molecular weight excluding hydrogens is 206 g/mol. The fourth-order valence-electron chi connectivity index (χ4n) is 1.92. The van der Waals surface area contributed by atoms with Crippen LogP contribution in [0.5, 0.6) is 0 Å². The van der Waals surface area contributed by atoms with Gasteiger partial charge in [0, 0.05) is 26.3 Å². The average molecular weight is 223 g/mol. The molecule has 0 unspecified atom stereocenters. The van der Waals surface area contributed by atoms with Gasteiger partial charge in [-0.3, -0.25) is 9.48 Å². The lowest BCUT2D eigenvalue weighted by Crippen LogP contribution is -2.39. The number of hydrogen-bond acceptors (Lipinski definition) is 3. The van der Waals surface area contributed by atoms with Gasteiger partial charge in [0.15, 0.2) is 0 Å². The fraction of sp³-hybridized carbons (Fsp3) is 0.636. The molecule has 0 aliphatic carbocycles. The van der Waals surface area contributed by atoms with E-state index in [9.17, 15) is 4.79 Å². The zero-order valence-corrected chi connectivity index (χ0v) is 9.69. The van der Waals surface area contributed by atoms with E-state index in [-0.39, 0.29) is 11.9 Å². The number of carbonyl (C=O) groups excluding carboxylic acids is 1. The van der Waals surface area contributed by atoms with Crippen molar-refractivity contribution in [2.24, 2.45) is 7.05 Å². The highest BCUT2D eigenvalue weighted by Gasteiger charge is 2.18. The number of aryl methyl sites for hydroxylation is 2. The molecule has 1 aromatic rings. The van der Waals surface area contributed by atoms with Crippen LogP contribution < -0.4 is 5.32 Å². The van der Waals surface area contributed by atoms with Crippen LogP contribution in [-0.4, -0.2) is 34.9 Å². The third-order valence-electron chi connectivity index (χ3n) is 2.79. The predicted octanol–water partition coefficient (Wildman–Crippen LogP) is 0.637. The van der Waals surface area contributed by atoms with E-state index >= 15 is 0 Å². The molecule has 16 heavy (non-hydrogen) atoms. The van der Waals surface area contributed by atoms with Gasteiger partial charge in [0.2, 0.25) is 0 Å². The molecular formula is C11H17N3O2. The second-order valence-corrected chi connectivity index (χ2v) is 4.15. The molecule has 2 heterocycles. The lowest BCUT2D eigenvalue weighted by Gasteiger charge is -2.22. The SMILES string of the molecule is Cc1cc(C(=O)NC2CCOCC2)n(C)n1. The van der Waals surface area contributed by atoms with Crippen molar-refractivity contribution >= 4 is 5.91 Å². The molecule has 1 saturated heterocycles. The minimum Gasteiger partial charge on any atom is -0.381 e. The maximum Gasteiger partial charge on any atom is 0.269 e. The van der Waals surface area contributed by atoms with Crippen molar-refractivity contribution in [3.05, 3.63) is 17.5 Å². The van der Waals surface area contributed by atoms with E-state index in [1.165, 1.54) is 0 Å². The van der Waals surface area contributed by atoms with Gasteiger partial charge >= 0.3 is 0 Å². The van der Waals surface area contributed by atoms with Gasteiger partial charge in [-0.05, 0) is 25.8 Å². The molecule has 5 nitrogen and oxygen atoms in total. The third-order valence-corrected chi connectivity index (χ3v) is 2.79. The quantitative estimate of drug-likeness (QED) is 0.800. The first-order valence-electron chi connectivity index (χ1n) is 5.56. The van der Waals surface area contributed by atoms with Crippen molar-refractivity contribution in [1.29, 1.82) is 0 Å². The van der Waals surface area contributed by atoms with Gasteiger partial charge in [0.1, 0.15) is 5.69 Å². The van der Waals surface area contributed by atoms with Crippen LogP contribution in [0.3, 0.4) is 0 Å². The lowest BCUT2D eigenvalue weighted by molar-refractivity contribution is 0.0692. The summed E-state index contributed by atoms with van der Waals surface area (Å²) in [6, 6.07) is 2.03. The summed E-state index contributed by atoms with van der Waals surface area (Å²) in [5.41, 5.74) is 1.48. The summed E-state index contributed by atoms with van der Waals surface area (Å²) in [4.78, 5) is 11.9. The molecule has 0 atom stereocenters. The van der Waals surface area contributed by atoms with Crippen molar-refractivity contribution in [2.45, 2.75) is 25.8 Å². The number of nitrogens with one attached hydrogen (secondary N) is 1. The summed E-state index contributed by atoms with van der Waals surface area (Å²) in [5.74, 6) is -0.0463. The van der Waals surface area contributed by atoms with Gasteiger partial charge in [0.25, 0.3) is 5.91 Å². The van der Waals surface area contributed by atoms with E-state index in [1.54, 1.807) is 17.8 Å². The van der Waals surface area contributed by atoms with Gasteiger partial charge in [-0.15, -0.1) is 0 Å². The molecule has 2 rings (SSSR count). The second kappa shape index (κ2) is 4.65. The first-order chi connectivity index (χ1) is 7.66. The van der Waals surface area contributed by atoms with Gasteiger partial charge in [0.05, 0.1) is 5.69 Å². The average Bonchev–Trinajstić information content (AvgIpc) is 2.59. The van der Waals surface area contributed by atoms with Crippen LogP contribution in [0.2, 0.25) is 0 Å². The van der Waals surface area contributed by atoms with E-state index in [2.05, 4.69) is 10.4 Å². The highest BCUT2D eigenvalue weighted by atomic mass is 16.5. The minimum absolute atomic E-state index is 0.0463.